The quantitative estimate of drug-likeness (QED) is 0.659. The molecule has 1 atom stereocenters. The lowest BCUT2D eigenvalue weighted by molar-refractivity contribution is 0.0216. The van der Waals surface area contributed by atoms with Crippen molar-refractivity contribution in [1.82, 2.24) is 0 Å². The third-order valence-electron chi connectivity index (χ3n) is 3.41. The zero-order chi connectivity index (χ0) is 13.8. The number of nitrogens with two attached hydrogens (primary N) is 1. The Kier molecular flexibility index (Phi) is 4.66. The van der Waals surface area contributed by atoms with Gasteiger partial charge in [-0.1, -0.05) is 11.6 Å². The first-order chi connectivity index (χ1) is 9.08. The van der Waals surface area contributed by atoms with E-state index in [4.69, 9.17) is 27.5 Å². The highest BCUT2D eigenvalue weighted by Crippen LogP contribution is 2.25. The number of likely N-dealkylation sites (N-methyl/N-ethyl adjacent to an activating group) is 1. The summed E-state index contributed by atoms with van der Waals surface area (Å²) in [6.45, 7) is 1.63. The first kappa shape index (κ1) is 14.2. The molecule has 1 aliphatic heterocycles. The van der Waals surface area contributed by atoms with E-state index < -0.39 is 0 Å². The Hall–Kier alpha value is -1.26. The molecule has 0 radical (unpaired) electrons. The van der Waals surface area contributed by atoms with Gasteiger partial charge in [0.1, 0.15) is 5.84 Å². The number of benzene rings is 1. The summed E-state index contributed by atoms with van der Waals surface area (Å²) in [6, 6.07) is 5.39. The zero-order valence-corrected chi connectivity index (χ0v) is 11.9. The van der Waals surface area contributed by atoms with Crippen LogP contribution in [0.25, 0.3) is 0 Å². The maximum atomic E-state index is 7.64. The minimum absolute atomic E-state index is 0.0584. The third kappa shape index (κ3) is 3.61. The molecular weight excluding hydrogens is 262 g/mol. The van der Waals surface area contributed by atoms with Crippen molar-refractivity contribution in [1.29, 1.82) is 5.41 Å². The van der Waals surface area contributed by atoms with E-state index in [1.807, 2.05) is 13.1 Å². The molecule has 1 heterocycles. The number of nitrogen functional groups attached to an aromatic ring is 1. The van der Waals surface area contributed by atoms with Gasteiger partial charge in [0, 0.05) is 36.5 Å². The van der Waals surface area contributed by atoms with Crippen molar-refractivity contribution in [2.75, 3.05) is 25.1 Å². The molecule has 0 aliphatic carbocycles. The van der Waals surface area contributed by atoms with E-state index in [0.717, 1.165) is 31.7 Å². The minimum atomic E-state index is 0.0584. The van der Waals surface area contributed by atoms with Crippen LogP contribution in [0.4, 0.5) is 5.69 Å². The van der Waals surface area contributed by atoms with E-state index in [1.54, 1.807) is 12.1 Å². The number of hydrogen-bond acceptors (Lipinski definition) is 3. The fraction of sp³-hybridized carbons (Fsp3) is 0.500. The molecule has 0 aromatic heterocycles. The van der Waals surface area contributed by atoms with Gasteiger partial charge in [-0.3, -0.25) is 5.41 Å². The van der Waals surface area contributed by atoms with Crippen LogP contribution >= 0.6 is 11.6 Å². The smallest absolute Gasteiger partial charge is 0.124 e. The van der Waals surface area contributed by atoms with Gasteiger partial charge in [0.15, 0.2) is 0 Å². The predicted octanol–water partition coefficient (Wildman–Crippen LogP) is 2.63. The van der Waals surface area contributed by atoms with Gasteiger partial charge < -0.3 is 15.4 Å². The van der Waals surface area contributed by atoms with E-state index in [1.165, 1.54) is 6.42 Å². The molecule has 4 nitrogen and oxygen atoms in total. The molecule has 0 spiro atoms. The van der Waals surface area contributed by atoms with Gasteiger partial charge >= 0.3 is 0 Å². The number of hydrogen-bond donors (Lipinski definition) is 2. The lowest BCUT2D eigenvalue weighted by Gasteiger charge is -2.29. The fourth-order valence-electron chi connectivity index (χ4n) is 2.40. The van der Waals surface area contributed by atoms with Crippen LogP contribution < -0.4 is 10.6 Å². The summed E-state index contributed by atoms with van der Waals surface area (Å²) >= 11 is 6.04. The van der Waals surface area contributed by atoms with Crippen LogP contribution in [0, 0.1) is 5.41 Å². The summed E-state index contributed by atoms with van der Waals surface area (Å²) in [6.07, 6.45) is 3.70. The van der Waals surface area contributed by atoms with Crippen LogP contribution in [0.3, 0.4) is 0 Å². The Morgan fingerprint density at radius 3 is 2.95 bits per heavy atom. The van der Waals surface area contributed by atoms with Crippen molar-refractivity contribution in [2.24, 2.45) is 5.73 Å². The highest BCUT2D eigenvalue weighted by atomic mass is 35.5. The Morgan fingerprint density at radius 1 is 1.53 bits per heavy atom. The molecule has 0 bridgehead atoms. The van der Waals surface area contributed by atoms with Crippen molar-refractivity contribution in [2.45, 2.75) is 25.4 Å². The second-order valence-corrected chi connectivity index (χ2v) is 5.38. The average molecular weight is 282 g/mol. The molecule has 0 amide bonds. The summed E-state index contributed by atoms with van der Waals surface area (Å²) in [5.74, 6) is 0.0584. The second-order valence-electron chi connectivity index (χ2n) is 4.94. The van der Waals surface area contributed by atoms with E-state index >= 15 is 0 Å². The first-order valence-corrected chi connectivity index (χ1v) is 6.92. The van der Waals surface area contributed by atoms with Gasteiger partial charge in [0.2, 0.25) is 0 Å². The predicted molar refractivity (Wildman–Crippen MR) is 79.3 cm³/mol. The van der Waals surface area contributed by atoms with Crippen LogP contribution in [0.1, 0.15) is 24.8 Å². The van der Waals surface area contributed by atoms with Crippen LogP contribution in [0.2, 0.25) is 5.02 Å². The first-order valence-electron chi connectivity index (χ1n) is 6.54. The van der Waals surface area contributed by atoms with Crippen LogP contribution in [-0.4, -0.2) is 32.1 Å². The van der Waals surface area contributed by atoms with Gasteiger partial charge in [0.05, 0.1) is 6.10 Å². The maximum absolute atomic E-state index is 7.64. The third-order valence-corrected chi connectivity index (χ3v) is 3.65. The number of ether oxygens (including phenoxy) is 1. The van der Waals surface area contributed by atoms with Crippen molar-refractivity contribution < 1.29 is 4.74 Å². The summed E-state index contributed by atoms with van der Waals surface area (Å²) < 4.78 is 5.74. The van der Waals surface area contributed by atoms with E-state index in [9.17, 15) is 0 Å². The SMILES string of the molecule is CN(CC1CCCCO1)c1cc(Cl)ccc1C(=N)N. The van der Waals surface area contributed by atoms with E-state index in [2.05, 4.69) is 4.90 Å². The molecule has 1 unspecified atom stereocenters. The molecule has 1 aromatic carbocycles. The van der Waals surface area contributed by atoms with Gasteiger partial charge in [-0.15, -0.1) is 0 Å². The van der Waals surface area contributed by atoms with Crippen LogP contribution in [0.15, 0.2) is 18.2 Å². The Morgan fingerprint density at radius 2 is 2.32 bits per heavy atom. The van der Waals surface area contributed by atoms with Crippen molar-refractivity contribution in [3.63, 3.8) is 0 Å². The highest BCUT2D eigenvalue weighted by Gasteiger charge is 2.18. The lowest BCUT2D eigenvalue weighted by atomic mass is 10.1. The highest BCUT2D eigenvalue weighted by molar-refractivity contribution is 6.31. The Labute approximate surface area is 119 Å². The molecule has 19 heavy (non-hydrogen) atoms. The molecular formula is C14H20ClN3O. The number of rotatable bonds is 4. The number of nitrogens with one attached hydrogen (secondary N) is 1. The van der Waals surface area contributed by atoms with Gasteiger partial charge in [0.25, 0.3) is 0 Å². The van der Waals surface area contributed by atoms with Crippen molar-refractivity contribution in [3.8, 4) is 0 Å². The number of nitrogens with zero attached hydrogens (tertiary/aromatic N) is 1. The van der Waals surface area contributed by atoms with Crippen LogP contribution in [0.5, 0.6) is 0 Å². The summed E-state index contributed by atoms with van der Waals surface area (Å²) in [7, 11) is 1.98. The molecule has 1 saturated heterocycles. The normalized spacial score (nSPS) is 19.2. The summed E-state index contributed by atoms with van der Waals surface area (Å²) in [5, 5.41) is 8.29. The Bertz CT molecular complexity index is 458. The van der Waals surface area contributed by atoms with Gasteiger partial charge in [-0.05, 0) is 37.5 Å². The minimum Gasteiger partial charge on any atom is -0.384 e. The molecule has 1 fully saturated rings. The summed E-state index contributed by atoms with van der Waals surface area (Å²) in [4.78, 5) is 2.07. The molecule has 1 aromatic rings. The molecule has 104 valence electrons. The number of amidine groups is 1. The summed E-state index contributed by atoms with van der Waals surface area (Å²) in [5.41, 5.74) is 7.21. The number of halogens is 1. The fourth-order valence-corrected chi connectivity index (χ4v) is 2.57. The maximum Gasteiger partial charge on any atom is 0.124 e. The number of anilines is 1. The monoisotopic (exact) mass is 281 g/mol. The second kappa shape index (κ2) is 6.26. The molecule has 0 saturated carbocycles. The van der Waals surface area contributed by atoms with Crippen molar-refractivity contribution in [3.05, 3.63) is 28.8 Å². The van der Waals surface area contributed by atoms with Crippen molar-refractivity contribution >= 4 is 23.1 Å². The average Bonchev–Trinajstić information content (AvgIpc) is 2.39. The van der Waals surface area contributed by atoms with E-state index in [-0.39, 0.29) is 11.9 Å². The van der Waals surface area contributed by atoms with Crippen LogP contribution in [-0.2, 0) is 4.74 Å². The molecule has 1 aliphatic rings. The topological polar surface area (TPSA) is 62.3 Å². The zero-order valence-electron chi connectivity index (χ0n) is 11.2. The lowest BCUT2D eigenvalue weighted by Crippen LogP contribution is -2.34. The van der Waals surface area contributed by atoms with Gasteiger partial charge in [-0.25, -0.2) is 0 Å². The molecule has 3 N–H and O–H groups in total. The standard InChI is InChI=1S/C14H20ClN3O/c1-18(9-11-4-2-3-7-19-11)13-8-10(15)5-6-12(13)14(16)17/h5-6,8,11H,2-4,7,9H2,1H3,(H3,16,17). The molecule has 5 heteroatoms. The van der Waals surface area contributed by atoms with Gasteiger partial charge in [-0.2, -0.15) is 0 Å². The largest absolute Gasteiger partial charge is 0.384 e. The molecule has 2 rings (SSSR count). The Balaban J connectivity index is 2.14. The van der Waals surface area contributed by atoms with E-state index in [0.29, 0.717) is 10.6 Å².